The van der Waals surface area contributed by atoms with Crippen molar-refractivity contribution < 1.29 is 19.1 Å². The molecule has 0 fully saturated rings. The number of nitrogens with two attached hydrogens (primary N) is 1. The number of nitrogens with zero attached hydrogens (tertiary/aromatic N) is 1. The summed E-state index contributed by atoms with van der Waals surface area (Å²) in [4.78, 5) is 27.1. The normalized spacial score (nSPS) is 10.0. The number of methoxy groups -OCH3 is 1. The Kier molecular flexibility index (Phi) is 4.18. The van der Waals surface area contributed by atoms with E-state index < -0.39 is 5.97 Å². The highest BCUT2D eigenvalue weighted by Crippen LogP contribution is 2.26. The van der Waals surface area contributed by atoms with Crippen LogP contribution in [0.5, 0.6) is 11.6 Å². The lowest BCUT2D eigenvalue weighted by Crippen LogP contribution is -2.03. The molecule has 0 bridgehead atoms. The lowest BCUT2D eigenvalue weighted by atomic mass is 10.1. The largest absolute Gasteiger partial charge is 0.465 e. The minimum absolute atomic E-state index is 0.179. The van der Waals surface area contributed by atoms with Crippen LogP contribution in [-0.2, 0) is 4.74 Å². The maximum absolute atomic E-state index is 11.6. The smallest absolute Gasteiger partial charge is 0.338 e. The van der Waals surface area contributed by atoms with Crippen molar-refractivity contribution in [2.75, 3.05) is 12.8 Å². The predicted octanol–water partition coefficient (Wildman–Crippen LogP) is 2.45. The molecule has 21 heavy (non-hydrogen) atoms. The van der Waals surface area contributed by atoms with Gasteiger partial charge in [-0.2, -0.15) is 0 Å². The summed E-state index contributed by atoms with van der Waals surface area (Å²) in [7, 11) is 1.29. The van der Waals surface area contributed by atoms with Crippen LogP contribution >= 0.6 is 0 Å². The van der Waals surface area contributed by atoms with E-state index in [0.29, 0.717) is 22.6 Å². The van der Waals surface area contributed by atoms with E-state index in [1.165, 1.54) is 38.4 Å². The van der Waals surface area contributed by atoms with Crippen molar-refractivity contribution in [3.05, 3.63) is 47.7 Å². The van der Waals surface area contributed by atoms with Crippen LogP contribution in [0.1, 0.15) is 27.6 Å². The number of rotatable bonds is 4. The molecule has 0 spiro atoms. The number of anilines is 1. The minimum Gasteiger partial charge on any atom is -0.465 e. The van der Waals surface area contributed by atoms with Gasteiger partial charge in [0.25, 0.3) is 0 Å². The minimum atomic E-state index is -0.494. The van der Waals surface area contributed by atoms with Crippen LogP contribution in [0.4, 0.5) is 5.69 Å². The summed E-state index contributed by atoms with van der Waals surface area (Å²) >= 11 is 0. The number of esters is 1. The number of ether oxygens (including phenoxy) is 2. The van der Waals surface area contributed by atoms with Crippen molar-refractivity contribution in [1.82, 2.24) is 4.98 Å². The van der Waals surface area contributed by atoms with Crippen molar-refractivity contribution in [2.24, 2.45) is 0 Å². The van der Waals surface area contributed by atoms with E-state index >= 15 is 0 Å². The lowest BCUT2D eigenvalue weighted by Gasteiger charge is -2.10. The first kappa shape index (κ1) is 14.5. The second kappa shape index (κ2) is 6.04. The van der Waals surface area contributed by atoms with E-state index in [4.69, 9.17) is 10.5 Å². The van der Waals surface area contributed by atoms with Crippen molar-refractivity contribution in [3.63, 3.8) is 0 Å². The Morgan fingerprint density at radius 2 is 1.95 bits per heavy atom. The standard InChI is InChI=1S/C15H14N2O4/c1-9(18)12-8-11(16)3-4-13(12)21-14-7-10(5-6-17-14)15(19)20-2/h3-8H,16H2,1-2H3. The van der Waals surface area contributed by atoms with E-state index in [2.05, 4.69) is 9.72 Å². The maximum atomic E-state index is 11.6. The molecule has 1 aromatic carbocycles. The van der Waals surface area contributed by atoms with Gasteiger partial charge in [-0.15, -0.1) is 0 Å². The first-order valence-corrected chi connectivity index (χ1v) is 6.14. The third kappa shape index (κ3) is 3.36. The van der Waals surface area contributed by atoms with Gasteiger partial charge < -0.3 is 15.2 Å². The van der Waals surface area contributed by atoms with Gasteiger partial charge in [0.1, 0.15) is 5.75 Å². The fourth-order valence-corrected chi connectivity index (χ4v) is 1.73. The van der Waals surface area contributed by atoms with Gasteiger partial charge in [0.05, 0.1) is 18.2 Å². The van der Waals surface area contributed by atoms with Crippen LogP contribution in [0.2, 0.25) is 0 Å². The molecule has 0 atom stereocenters. The number of hydrogen-bond donors (Lipinski definition) is 1. The van der Waals surface area contributed by atoms with Gasteiger partial charge in [-0.1, -0.05) is 0 Å². The van der Waals surface area contributed by atoms with Crippen molar-refractivity contribution in [2.45, 2.75) is 6.92 Å². The number of ketones is 1. The zero-order valence-electron chi connectivity index (χ0n) is 11.6. The molecule has 0 radical (unpaired) electrons. The molecule has 6 heteroatoms. The zero-order valence-corrected chi connectivity index (χ0v) is 11.6. The number of carbonyl (C=O) groups excluding carboxylic acids is 2. The molecule has 0 unspecified atom stereocenters. The average molecular weight is 286 g/mol. The highest BCUT2D eigenvalue weighted by molar-refractivity contribution is 5.97. The van der Waals surface area contributed by atoms with E-state index in [-0.39, 0.29) is 11.7 Å². The summed E-state index contributed by atoms with van der Waals surface area (Å²) in [6.45, 7) is 1.42. The zero-order chi connectivity index (χ0) is 15.4. The van der Waals surface area contributed by atoms with E-state index in [0.717, 1.165) is 0 Å². The van der Waals surface area contributed by atoms with Crippen LogP contribution in [0.15, 0.2) is 36.5 Å². The number of pyridine rings is 1. The second-order valence-corrected chi connectivity index (χ2v) is 4.29. The molecule has 0 aliphatic rings. The molecule has 0 aliphatic heterocycles. The Bertz CT molecular complexity index is 698. The molecule has 2 rings (SSSR count). The second-order valence-electron chi connectivity index (χ2n) is 4.29. The average Bonchev–Trinajstić information content (AvgIpc) is 2.48. The third-order valence-corrected chi connectivity index (χ3v) is 2.75. The number of aromatic nitrogens is 1. The van der Waals surface area contributed by atoms with Gasteiger partial charge in [-0.3, -0.25) is 4.79 Å². The molecule has 2 aromatic rings. The first-order valence-electron chi connectivity index (χ1n) is 6.14. The Balaban J connectivity index is 2.34. The number of carbonyl (C=O) groups is 2. The number of benzene rings is 1. The van der Waals surface area contributed by atoms with Gasteiger partial charge in [-0.25, -0.2) is 9.78 Å². The van der Waals surface area contributed by atoms with Crippen molar-refractivity contribution in [3.8, 4) is 11.6 Å². The summed E-state index contributed by atoms with van der Waals surface area (Å²) in [6.07, 6.45) is 1.42. The molecule has 2 N–H and O–H groups in total. The SMILES string of the molecule is COC(=O)c1ccnc(Oc2ccc(N)cc2C(C)=O)c1. The molecule has 0 aliphatic carbocycles. The molecular weight excluding hydrogens is 272 g/mol. The van der Waals surface area contributed by atoms with Crippen LogP contribution < -0.4 is 10.5 Å². The van der Waals surface area contributed by atoms with Crippen LogP contribution in [-0.4, -0.2) is 23.8 Å². The monoisotopic (exact) mass is 286 g/mol. The topological polar surface area (TPSA) is 91.5 Å². The van der Waals surface area contributed by atoms with Gasteiger partial charge in [0.2, 0.25) is 5.88 Å². The van der Waals surface area contributed by atoms with Crippen LogP contribution in [0, 0.1) is 0 Å². The Morgan fingerprint density at radius 1 is 1.19 bits per heavy atom. The van der Waals surface area contributed by atoms with Crippen molar-refractivity contribution in [1.29, 1.82) is 0 Å². The summed E-state index contributed by atoms with van der Waals surface area (Å²) in [5, 5.41) is 0. The van der Waals surface area contributed by atoms with E-state index in [9.17, 15) is 9.59 Å². The number of nitrogen functional groups attached to an aromatic ring is 1. The fraction of sp³-hybridized carbons (Fsp3) is 0.133. The summed E-state index contributed by atoms with van der Waals surface area (Å²) < 4.78 is 10.2. The molecule has 1 heterocycles. The van der Waals surface area contributed by atoms with E-state index in [1.807, 2.05) is 0 Å². The fourth-order valence-electron chi connectivity index (χ4n) is 1.73. The van der Waals surface area contributed by atoms with Gasteiger partial charge in [0, 0.05) is 18.0 Å². The summed E-state index contributed by atoms with van der Waals surface area (Å²) in [6, 6.07) is 7.67. The molecule has 108 valence electrons. The number of hydrogen-bond acceptors (Lipinski definition) is 6. The highest BCUT2D eigenvalue weighted by atomic mass is 16.5. The summed E-state index contributed by atoms with van der Waals surface area (Å²) in [5.74, 6) is -0.163. The molecular formula is C15H14N2O4. The van der Waals surface area contributed by atoms with Crippen molar-refractivity contribution >= 4 is 17.4 Å². The van der Waals surface area contributed by atoms with E-state index in [1.54, 1.807) is 12.1 Å². The number of Topliss-reactive ketones (excluding diaryl/α,β-unsaturated/α-hetero) is 1. The Morgan fingerprint density at radius 3 is 2.62 bits per heavy atom. The van der Waals surface area contributed by atoms with Gasteiger partial charge in [0.15, 0.2) is 5.78 Å². The lowest BCUT2D eigenvalue weighted by molar-refractivity contribution is 0.0600. The first-order chi connectivity index (χ1) is 10.0. The van der Waals surface area contributed by atoms with Gasteiger partial charge in [-0.05, 0) is 31.2 Å². The molecule has 0 saturated heterocycles. The highest BCUT2D eigenvalue weighted by Gasteiger charge is 2.12. The maximum Gasteiger partial charge on any atom is 0.338 e. The van der Waals surface area contributed by atoms with Gasteiger partial charge >= 0.3 is 5.97 Å². The molecule has 1 aromatic heterocycles. The predicted molar refractivity (Wildman–Crippen MR) is 76.5 cm³/mol. The molecule has 0 amide bonds. The summed E-state index contributed by atoms with van der Waals surface area (Å²) in [5.41, 5.74) is 6.77. The molecule has 6 nitrogen and oxygen atoms in total. The van der Waals surface area contributed by atoms with Crippen LogP contribution in [0.25, 0.3) is 0 Å². The Labute approximate surface area is 121 Å². The quantitative estimate of drug-likeness (QED) is 0.527. The third-order valence-electron chi connectivity index (χ3n) is 2.75. The molecule has 0 saturated carbocycles. The van der Waals surface area contributed by atoms with Crippen LogP contribution in [0.3, 0.4) is 0 Å². The Hall–Kier alpha value is -2.89.